The minimum Gasteiger partial charge on any atom is -0.339 e. The lowest BCUT2D eigenvalue weighted by Crippen LogP contribution is -2.52. The zero-order chi connectivity index (χ0) is 17.8. The minimum absolute atomic E-state index is 0.0746. The van der Waals surface area contributed by atoms with Crippen LogP contribution in [0.4, 0.5) is 0 Å². The van der Waals surface area contributed by atoms with Crippen molar-refractivity contribution >= 4 is 23.2 Å². The quantitative estimate of drug-likeness (QED) is 0.842. The molecule has 132 valence electrons. The van der Waals surface area contributed by atoms with E-state index >= 15 is 0 Å². The maximum absolute atomic E-state index is 13.1. The molecule has 1 unspecified atom stereocenters. The molecule has 1 aromatic heterocycles. The van der Waals surface area contributed by atoms with Crippen molar-refractivity contribution in [2.24, 2.45) is 5.92 Å². The first kappa shape index (κ1) is 17.7. The van der Waals surface area contributed by atoms with Gasteiger partial charge in [-0.1, -0.05) is 50.2 Å². The van der Waals surface area contributed by atoms with Crippen LogP contribution in [-0.4, -0.2) is 47.8 Å². The summed E-state index contributed by atoms with van der Waals surface area (Å²) in [4.78, 5) is 30.0. The van der Waals surface area contributed by atoms with Gasteiger partial charge in [-0.05, 0) is 22.9 Å². The Kier molecular flexibility index (Phi) is 5.53. The van der Waals surface area contributed by atoms with E-state index < -0.39 is 0 Å². The molecular weight excluding hydrogens is 332 g/mol. The summed E-state index contributed by atoms with van der Waals surface area (Å²) < 4.78 is 0. The number of carbonyl (C=O) groups is 2. The summed E-state index contributed by atoms with van der Waals surface area (Å²) in [6.07, 6.45) is 0. The SMILES string of the molecule is CC(C)C(C(=O)N1CCN(C(=O)c2cccs2)CC1)c1ccccc1. The van der Waals surface area contributed by atoms with Gasteiger partial charge < -0.3 is 9.80 Å². The highest BCUT2D eigenvalue weighted by molar-refractivity contribution is 7.12. The molecule has 0 spiro atoms. The highest BCUT2D eigenvalue weighted by atomic mass is 32.1. The molecule has 1 aliphatic heterocycles. The maximum Gasteiger partial charge on any atom is 0.264 e. The van der Waals surface area contributed by atoms with E-state index in [0.29, 0.717) is 26.2 Å². The molecule has 0 aliphatic carbocycles. The fourth-order valence-corrected chi connectivity index (χ4v) is 4.05. The first-order chi connectivity index (χ1) is 12.1. The molecule has 25 heavy (non-hydrogen) atoms. The Morgan fingerprint density at radius 3 is 2.12 bits per heavy atom. The molecule has 0 N–H and O–H groups in total. The third kappa shape index (κ3) is 3.93. The van der Waals surface area contributed by atoms with Crippen LogP contribution in [0.5, 0.6) is 0 Å². The largest absolute Gasteiger partial charge is 0.339 e. The summed E-state index contributed by atoms with van der Waals surface area (Å²) in [7, 11) is 0. The Balaban J connectivity index is 1.65. The topological polar surface area (TPSA) is 40.6 Å². The molecule has 2 heterocycles. The van der Waals surface area contributed by atoms with Crippen LogP contribution < -0.4 is 0 Å². The van der Waals surface area contributed by atoms with Crippen molar-refractivity contribution in [2.75, 3.05) is 26.2 Å². The third-order valence-electron chi connectivity index (χ3n) is 4.70. The summed E-state index contributed by atoms with van der Waals surface area (Å²) in [5.74, 6) is 0.358. The van der Waals surface area contributed by atoms with Crippen molar-refractivity contribution in [1.29, 1.82) is 0 Å². The van der Waals surface area contributed by atoms with Crippen molar-refractivity contribution < 1.29 is 9.59 Å². The van der Waals surface area contributed by atoms with Crippen LogP contribution >= 0.6 is 11.3 Å². The number of piperazine rings is 1. The molecule has 2 aromatic rings. The number of amides is 2. The smallest absolute Gasteiger partial charge is 0.264 e. The first-order valence-electron chi connectivity index (χ1n) is 8.74. The second kappa shape index (κ2) is 7.83. The zero-order valence-corrected chi connectivity index (χ0v) is 15.5. The van der Waals surface area contributed by atoms with Gasteiger partial charge in [-0.3, -0.25) is 9.59 Å². The van der Waals surface area contributed by atoms with Crippen LogP contribution in [-0.2, 0) is 4.79 Å². The lowest BCUT2D eigenvalue weighted by molar-refractivity contribution is -0.135. The van der Waals surface area contributed by atoms with E-state index in [2.05, 4.69) is 13.8 Å². The van der Waals surface area contributed by atoms with E-state index in [1.807, 2.05) is 57.6 Å². The van der Waals surface area contributed by atoms with Gasteiger partial charge in [0.25, 0.3) is 5.91 Å². The Bertz CT molecular complexity index is 705. The van der Waals surface area contributed by atoms with E-state index in [1.54, 1.807) is 0 Å². The van der Waals surface area contributed by atoms with Crippen LogP contribution in [0.15, 0.2) is 47.8 Å². The van der Waals surface area contributed by atoms with Gasteiger partial charge in [-0.15, -0.1) is 11.3 Å². The van der Waals surface area contributed by atoms with E-state index in [1.165, 1.54) is 11.3 Å². The standard InChI is InChI=1S/C20H24N2O2S/c1-15(2)18(16-7-4-3-5-8-16)20(24)22-12-10-21(11-13-22)19(23)17-9-6-14-25-17/h3-9,14-15,18H,10-13H2,1-2H3. The van der Waals surface area contributed by atoms with Gasteiger partial charge in [0.2, 0.25) is 5.91 Å². The Hall–Kier alpha value is -2.14. The molecule has 1 atom stereocenters. The van der Waals surface area contributed by atoms with Gasteiger partial charge in [0.1, 0.15) is 0 Å². The van der Waals surface area contributed by atoms with E-state index in [9.17, 15) is 9.59 Å². The van der Waals surface area contributed by atoms with E-state index in [-0.39, 0.29) is 23.7 Å². The Labute approximate surface area is 153 Å². The van der Waals surface area contributed by atoms with Crippen LogP contribution in [0.1, 0.15) is 35.0 Å². The molecule has 1 aliphatic rings. The molecule has 0 bridgehead atoms. The van der Waals surface area contributed by atoms with Gasteiger partial charge >= 0.3 is 0 Å². The average molecular weight is 356 g/mol. The number of hydrogen-bond donors (Lipinski definition) is 0. The number of carbonyl (C=O) groups excluding carboxylic acids is 2. The average Bonchev–Trinajstić information content (AvgIpc) is 3.16. The number of hydrogen-bond acceptors (Lipinski definition) is 3. The highest BCUT2D eigenvalue weighted by Gasteiger charge is 2.31. The molecule has 0 saturated carbocycles. The van der Waals surface area contributed by atoms with Gasteiger partial charge in [-0.25, -0.2) is 0 Å². The van der Waals surface area contributed by atoms with Crippen molar-refractivity contribution in [3.05, 3.63) is 58.3 Å². The maximum atomic E-state index is 13.1. The third-order valence-corrected chi connectivity index (χ3v) is 5.56. The number of rotatable bonds is 4. The highest BCUT2D eigenvalue weighted by Crippen LogP contribution is 2.27. The summed E-state index contributed by atoms with van der Waals surface area (Å²) in [6.45, 7) is 6.58. The van der Waals surface area contributed by atoms with Crippen LogP contribution in [0, 0.1) is 5.92 Å². The van der Waals surface area contributed by atoms with Crippen molar-refractivity contribution in [3.8, 4) is 0 Å². The first-order valence-corrected chi connectivity index (χ1v) is 9.62. The van der Waals surface area contributed by atoms with Gasteiger partial charge in [-0.2, -0.15) is 0 Å². The van der Waals surface area contributed by atoms with Gasteiger partial charge in [0.15, 0.2) is 0 Å². The predicted molar refractivity (Wildman–Crippen MR) is 101 cm³/mol. The normalized spacial score (nSPS) is 16.1. The molecule has 1 fully saturated rings. The summed E-state index contributed by atoms with van der Waals surface area (Å²) in [6, 6.07) is 13.7. The number of thiophene rings is 1. The molecule has 1 saturated heterocycles. The van der Waals surface area contributed by atoms with Gasteiger partial charge in [0, 0.05) is 26.2 Å². The molecular formula is C20H24N2O2S. The monoisotopic (exact) mass is 356 g/mol. The second-order valence-electron chi connectivity index (χ2n) is 6.73. The second-order valence-corrected chi connectivity index (χ2v) is 7.67. The lowest BCUT2D eigenvalue weighted by Gasteiger charge is -2.37. The van der Waals surface area contributed by atoms with E-state index in [4.69, 9.17) is 0 Å². The molecule has 1 aromatic carbocycles. The minimum atomic E-state index is -0.124. The van der Waals surface area contributed by atoms with Crippen molar-refractivity contribution in [2.45, 2.75) is 19.8 Å². The number of benzene rings is 1. The van der Waals surface area contributed by atoms with Crippen LogP contribution in [0.2, 0.25) is 0 Å². The van der Waals surface area contributed by atoms with Crippen molar-refractivity contribution in [1.82, 2.24) is 9.80 Å². The summed E-state index contributed by atoms with van der Waals surface area (Å²) in [5, 5.41) is 1.92. The summed E-state index contributed by atoms with van der Waals surface area (Å²) in [5.41, 5.74) is 1.07. The molecule has 3 rings (SSSR count). The molecule has 4 nitrogen and oxygen atoms in total. The number of nitrogens with zero attached hydrogens (tertiary/aromatic N) is 2. The Morgan fingerprint density at radius 1 is 0.920 bits per heavy atom. The fraction of sp³-hybridized carbons (Fsp3) is 0.400. The van der Waals surface area contributed by atoms with E-state index in [0.717, 1.165) is 10.4 Å². The van der Waals surface area contributed by atoms with Crippen LogP contribution in [0.25, 0.3) is 0 Å². The predicted octanol–water partition coefficient (Wildman–Crippen LogP) is 3.47. The molecule has 0 radical (unpaired) electrons. The summed E-state index contributed by atoms with van der Waals surface area (Å²) >= 11 is 1.47. The molecule has 2 amide bonds. The molecule has 5 heteroatoms. The Morgan fingerprint density at radius 2 is 1.56 bits per heavy atom. The van der Waals surface area contributed by atoms with Gasteiger partial charge in [0.05, 0.1) is 10.8 Å². The van der Waals surface area contributed by atoms with Crippen LogP contribution in [0.3, 0.4) is 0 Å². The fourth-order valence-electron chi connectivity index (χ4n) is 3.36. The lowest BCUT2D eigenvalue weighted by atomic mass is 9.87. The van der Waals surface area contributed by atoms with Crippen molar-refractivity contribution in [3.63, 3.8) is 0 Å². The zero-order valence-electron chi connectivity index (χ0n) is 14.7.